The maximum atomic E-state index is 13.5. The van der Waals surface area contributed by atoms with Crippen LogP contribution in [0.1, 0.15) is 19.4 Å². The lowest BCUT2D eigenvalue weighted by Crippen LogP contribution is -2.06. The summed E-state index contributed by atoms with van der Waals surface area (Å²) in [7, 11) is 1.71. The number of halogens is 2. The Balaban J connectivity index is 1.88. The van der Waals surface area contributed by atoms with Crippen molar-refractivity contribution in [2.75, 3.05) is 7.05 Å². The zero-order chi connectivity index (χ0) is 18.0. The summed E-state index contributed by atoms with van der Waals surface area (Å²) in [6.45, 7) is 5.57. The molecule has 3 aromatic rings. The van der Waals surface area contributed by atoms with Crippen molar-refractivity contribution in [3.63, 3.8) is 0 Å². The van der Waals surface area contributed by atoms with Gasteiger partial charge in [-0.05, 0) is 54.1 Å². The highest BCUT2D eigenvalue weighted by atomic mass is 35.5. The largest absolute Gasteiger partial charge is 0.457 e. The zero-order valence-corrected chi connectivity index (χ0v) is 15.3. The molecule has 0 atom stereocenters. The molecule has 0 spiro atoms. The smallest absolute Gasteiger partial charge is 0.132 e. The fraction of sp³-hybridized carbons (Fsp3) is 0.316. The van der Waals surface area contributed by atoms with Gasteiger partial charge < -0.3 is 4.74 Å². The SMILES string of the molecule is CC(C)Cn1ncc2cc(Oc3ccc(F)cc3CN(C)Cl)ccc21. The molecule has 0 fully saturated rings. The van der Waals surface area contributed by atoms with Crippen molar-refractivity contribution in [1.29, 1.82) is 0 Å². The third-order valence-electron chi connectivity index (χ3n) is 3.79. The van der Waals surface area contributed by atoms with Gasteiger partial charge in [-0.25, -0.2) is 8.81 Å². The predicted octanol–water partition coefficient (Wildman–Crippen LogP) is 5.21. The second kappa shape index (κ2) is 7.42. The second-order valence-corrected chi connectivity index (χ2v) is 7.14. The number of fused-ring (bicyclic) bond motifs is 1. The van der Waals surface area contributed by atoms with E-state index < -0.39 is 0 Å². The first-order valence-electron chi connectivity index (χ1n) is 8.21. The van der Waals surface area contributed by atoms with Gasteiger partial charge >= 0.3 is 0 Å². The average Bonchev–Trinajstić information content (AvgIpc) is 2.91. The van der Waals surface area contributed by atoms with Crippen molar-refractivity contribution in [1.82, 2.24) is 14.2 Å². The Morgan fingerprint density at radius 1 is 1.24 bits per heavy atom. The maximum absolute atomic E-state index is 13.5. The van der Waals surface area contributed by atoms with Crippen LogP contribution in [0.3, 0.4) is 0 Å². The molecule has 3 rings (SSSR count). The Labute approximate surface area is 151 Å². The summed E-state index contributed by atoms with van der Waals surface area (Å²) >= 11 is 5.91. The Morgan fingerprint density at radius 3 is 2.76 bits per heavy atom. The summed E-state index contributed by atoms with van der Waals surface area (Å²) in [4.78, 5) is 0. The van der Waals surface area contributed by atoms with Gasteiger partial charge in [0, 0.05) is 31.1 Å². The van der Waals surface area contributed by atoms with E-state index in [1.54, 1.807) is 13.1 Å². The number of nitrogens with zero attached hydrogens (tertiary/aromatic N) is 3. The molecule has 1 heterocycles. The van der Waals surface area contributed by atoms with Gasteiger partial charge in [0.1, 0.15) is 17.3 Å². The fourth-order valence-corrected chi connectivity index (χ4v) is 2.88. The minimum Gasteiger partial charge on any atom is -0.457 e. The lowest BCUT2D eigenvalue weighted by Gasteiger charge is -2.14. The van der Waals surface area contributed by atoms with Gasteiger partial charge in [-0.2, -0.15) is 5.10 Å². The number of hydrogen-bond donors (Lipinski definition) is 0. The number of ether oxygens (including phenoxy) is 1. The number of benzene rings is 2. The van der Waals surface area contributed by atoms with Crippen LogP contribution in [0.4, 0.5) is 4.39 Å². The molecule has 0 aliphatic rings. The molecule has 0 saturated heterocycles. The van der Waals surface area contributed by atoms with Gasteiger partial charge in [0.25, 0.3) is 0 Å². The summed E-state index contributed by atoms with van der Waals surface area (Å²) in [6.07, 6.45) is 1.84. The Kier molecular flexibility index (Phi) is 5.25. The van der Waals surface area contributed by atoms with E-state index in [2.05, 4.69) is 18.9 Å². The summed E-state index contributed by atoms with van der Waals surface area (Å²) in [5.74, 6) is 1.48. The quantitative estimate of drug-likeness (QED) is 0.564. The molecule has 2 aromatic carbocycles. The third kappa shape index (κ3) is 4.30. The molecule has 132 valence electrons. The molecule has 0 aliphatic heterocycles. The lowest BCUT2D eigenvalue weighted by atomic mass is 10.2. The Morgan fingerprint density at radius 2 is 2.04 bits per heavy atom. The van der Waals surface area contributed by atoms with Crippen molar-refractivity contribution in [3.05, 3.63) is 54.0 Å². The van der Waals surface area contributed by atoms with Gasteiger partial charge in [0.2, 0.25) is 0 Å². The summed E-state index contributed by atoms with van der Waals surface area (Å²) in [6, 6.07) is 10.3. The van der Waals surface area contributed by atoms with E-state index in [1.807, 2.05) is 29.1 Å². The maximum Gasteiger partial charge on any atom is 0.132 e. The monoisotopic (exact) mass is 361 g/mol. The van der Waals surface area contributed by atoms with Gasteiger partial charge in [-0.1, -0.05) is 13.8 Å². The van der Waals surface area contributed by atoms with Crippen LogP contribution in [-0.4, -0.2) is 21.2 Å². The highest BCUT2D eigenvalue weighted by molar-refractivity contribution is 6.13. The third-order valence-corrected chi connectivity index (χ3v) is 3.91. The average molecular weight is 362 g/mol. The predicted molar refractivity (Wildman–Crippen MR) is 98.4 cm³/mol. The van der Waals surface area contributed by atoms with Gasteiger partial charge in [-0.3, -0.25) is 4.68 Å². The number of hydrogen-bond acceptors (Lipinski definition) is 3. The summed E-state index contributed by atoms with van der Waals surface area (Å²) in [5, 5.41) is 5.45. The van der Waals surface area contributed by atoms with E-state index in [9.17, 15) is 4.39 Å². The molecule has 6 heteroatoms. The Hall–Kier alpha value is -2.11. The van der Waals surface area contributed by atoms with Crippen LogP contribution in [0, 0.1) is 11.7 Å². The first-order valence-corrected chi connectivity index (χ1v) is 8.55. The molecule has 0 aliphatic carbocycles. The van der Waals surface area contributed by atoms with Crippen LogP contribution >= 0.6 is 11.8 Å². The molecule has 1 aromatic heterocycles. The van der Waals surface area contributed by atoms with Gasteiger partial charge in [0.15, 0.2) is 0 Å². The van der Waals surface area contributed by atoms with Crippen LogP contribution in [-0.2, 0) is 13.1 Å². The fourth-order valence-electron chi connectivity index (χ4n) is 2.75. The van der Waals surface area contributed by atoms with E-state index in [-0.39, 0.29) is 5.82 Å². The standard InChI is InChI=1S/C19H21ClFN3O/c1-13(2)11-24-18-6-5-17(9-14(18)10-22-24)25-19-7-4-16(21)8-15(19)12-23(3)20/h4-10,13H,11-12H2,1-3H3. The minimum absolute atomic E-state index is 0.314. The van der Waals surface area contributed by atoms with Gasteiger partial charge in [0.05, 0.1) is 11.7 Å². The van der Waals surface area contributed by atoms with Crippen molar-refractivity contribution < 1.29 is 9.13 Å². The second-order valence-electron chi connectivity index (χ2n) is 6.56. The molecular weight excluding hydrogens is 341 g/mol. The van der Waals surface area contributed by atoms with Crippen molar-refractivity contribution >= 4 is 22.7 Å². The molecule has 0 N–H and O–H groups in total. The molecule has 0 bridgehead atoms. The highest BCUT2D eigenvalue weighted by Crippen LogP contribution is 2.29. The van der Waals surface area contributed by atoms with Crippen molar-refractivity contribution in [2.24, 2.45) is 5.92 Å². The van der Waals surface area contributed by atoms with Crippen LogP contribution in [0.5, 0.6) is 11.5 Å². The molecule has 0 saturated carbocycles. The molecule has 0 radical (unpaired) electrons. The first kappa shape index (κ1) is 17.7. The van der Waals surface area contributed by atoms with Crippen molar-refractivity contribution in [2.45, 2.75) is 26.9 Å². The van der Waals surface area contributed by atoms with E-state index >= 15 is 0 Å². The molecule has 0 unspecified atom stereocenters. The van der Waals surface area contributed by atoms with E-state index in [0.717, 1.165) is 17.4 Å². The Bertz CT molecular complexity index is 876. The minimum atomic E-state index is -0.314. The highest BCUT2D eigenvalue weighted by Gasteiger charge is 2.11. The molecule has 0 amide bonds. The lowest BCUT2D eigenvalue weighted by molar-refractivity contribution is 0.457. The van der Waals surface area contributed by atoms with Crippen LogP contribution in [0.2, 0.25) is 0 Å². The first-order chi connectivity index (χ1) is 11.9. The van der Waals surface area contributed by atoms with Gasteiger partial charge in [-0.15, -0.1) is 0 Å². The number of rotatable bonds is 6. The van der Waals surface area contributed by atoms with Crippen molar-refractivity contribution in [3.8, 4) is 11.5 Å². The summed E-state index contributed by atoms with van der Waals surface area (Å²) in [5.41, 5.74) is 1.76. The van der Waals surface area contributed by atoms with Crippen LogP contribution in [0.15, 0.2) is 42.6 Å². The normalized spacial score (nSPS) is 11.6. The van der Waals surface area contributed by atoms with Crippen LogP contribution < -0.4 is 4.74 Å². The molecular formula is C19H21ClFN3O. The topological polar surface area (TPSA) is 30.3 Å². The number of aromatic nitrogens is 2. The van der Waals surface area contributed by atoms with E-state index in [1.165, 1.54) is 16.6 Å². The molecule has 25 heavy (non-hydrogen) atoms. The van der Waals surface area contributed by atoms with Crippen LogP contribution in [0.25, 0.3) is 10.9 Å². The summed E-state index contributed by atoms with van der Waals surface area (Å²) < 4.78 is 23.0. The van der Waals surface area contributed by atoms with E-state index in [4.69, 9.17) is 16.5 Å². The van der Waals surface area contributed by atoms with E-state index in [0.29, 0.717) is 29.5 Å². The molecule has 4 nitrogen and oxygen atoms in total. The zero-order valence-electron chi connectivity index (χ0n) is 14.5.